The van der Waals surface area contributed by atoms with Crippen LogP contribution in [0, 0.1) is 0 Å². The smallest absolute Gasteiger partial charge is 0.191 e. The maximum Gasteiger partial charge on any atom is 0.191 e. The fraction of sp³-hybridized carbons (Fsp3) is 0.667. The number of rotatable bonds is 8. The fourth-order valence-electron chi connectivity index (χ4n) is 2.84. The van der Waals surface area contributed by atoms with Gasteiger partial charge in [-0.15, -0.1) is 24.0 Å². The standard InChI is InChI=1S/C18H29ClN4OS.HI/c1-3-20-17(21-10-7-15-5-6-16(19)22-13-15)23-14-18(25-4-2)8-11-24-12-9-18;/h5-6,13H,3-4,7-12,14H2,1-2H3,(H2,20,21,23);1H. The average molecular weight is 513 g/mol. The molecule has 148 valence electrons. The van der Waals surface area contributed by atoms with Gasteiger partial charge in [0.05, 0.1) is 6.54 Å². The lowest BCUT2D eigenvalue weighted by atomic mass is 9.99. The van der Waals surface area contributed by atoms with Crippen molar-refractivity contribution >= 4 is 53.3 Å². The first-order chi connectivity index (χ1) is 12.2. The second kappa shape index (κ2) is 13.0. The normalized spacial score (nSPS) is 16.7. The van der Waals surface area contributed by atoms with Gasteiger partial charge in [0, 0.05) is 37.2 Å². The molecule has 2 N–H and O–H groups in total. The van der Waals surface area contributed by atoms with Gasteiger partial charge in [0.1, 0.15) is 5.15 Å². The molecule has 1 aliphatic rings. The summed E-state index contributed by atoms with van der Waals surface area (Å²) in [5.41, 5.74) is 1.16. The highest BCUT2D eigenvalue weighted by atomic mass is 127. The van der Waals surface area contributed by atoms with Gasteiger partial charge in [0.25, 0.3) is 0 Å². The molecule has 26 heavy (non-hydrogen) atoms. The quantitative estimate of drug-likeness (QED) is 0.240. The molecule has 0 unspecified atom stereocenters. The van der Waals surface area contributed by atoms with Gasteiger partial charge in [-0.3, -0.25) is 4.99 Å². The van der Waals surface area contributed by atoms with Gasteiger partial charge in [-0.25, -0.2) is 4.98 Å². The van der Waals surface area contributed by atoms with Gasteiger partial charge in [-0.05, 0) is 43.6 Å². The predicted octanol–water partition coefficient (Wildman–Crippen LogP) is 3.75. The first-order valence-electron chi connectivity index (χ1n) is 9.02. The lowest BCUT2D eigenvalue weighted by Crippen LogP contribution is -2.41. The molecule has 2 rings (SSSR count). The Labute approximate surface area is 183 Å². The number of aliphatic imine (C=N–C) groups is 1. The summed E-state index contributed by atoms with van der Waals surface area (Å²) in [6.07, 6.45) is 4.86. The number of ether oxygens (including phenoxy) is 1. The number of nitrogens with one attached hydrogen (secondary N) is 2. The third-order valence-corrected chi connectivity index (χ3v) is 5.88. The van der Waals surface area contributed by atoms with Crippen LogP contribution in [0.5, 0.6) is 0 Å². The largest absolute Gasteiger partial charge is 0.381 e. The maximum atomic E-state index is 5.82. The van der Waals surface area contributed by atoms with Gasteiger partial charge in [0.15, 0.2) is 5.96 Å². The van der Waals surface area contributed by atoms with Crippen LogP contribution in [0.4, 0.5) is 0 Å². The number of thioether (sulfide) groups is 1. The van der Waals surface area contributed by atoms with Crippen molar-refractivity contribution in [2.45, 2.75) is 37.9 Å². The molecule has 0 aliphatic carbocycles. The molecule has 1 aromatic heterocycles. The van der Waals surface area contributed by atoms with E-state index in [2.05, 4.69) is 29.5 Å². The van der Waals surface area contributed by atoms with Crippen LogP contribution in [0.15, 0.2) is 23.3 Å². The van der Waals surface area contributed by atoms with Crippen LogP contribution in [0.3, 0.4) is 0 Å². The van der Waals surface area contributed by atoms with Gasteiger partial charge >= 0.3 is 0 Å². The molecule has 1 saturated heterocycles. The Kier molecular flexibility index (Phi) is 11.9. The van der Waals surface area contributed by atoms with Gasteiger partial charge in [0.2, 0.25) is 0 Å². The second-order valence-corrected chi connectivity index (χ2v) is 8.21. The molecular weight excluding hydrogens is 483 g/mol. The second-order valence-electron chi connectivity index (χ2n) is 6.09. The zero-order valence-electron chi connectivity index (χ0n) is 15.6. The van der Waals surface area contributed by atoms with E-state index in [0.717, 1.165) is 69.4 Å². The lowest BCUT2D eigenvalue weighted by molar-refractivity contribution is 0.0793. The summed E-state index contributed by atoms with van der Waals surface area (Å²) >= 11 is 7.84. The minimum Gasteiger partial charge on any atom is -0.381 e. The Balaban J connectivity index is 0.00000338. The monoisotopic (exact) mass is 512 g/mol. The molecule has 0 radical (unpaired) electrons. The summed E-state index contributed by atoms with van der Waals surface area (Å²) in [6, 6.07) is 3.84. The summed E-state index contributed by atoms with van der Waals surface area (Å²) in [6.45, 7) is 8.48. The number of guanidine groups is 1. The van der Waals surface area contributed by atoms with Gasteiger partial charge in [-0.1, -0.05) is 24.6 Å². The van der Waals surface area contributed by atoms with Crippen LogP contribution >= 0.6 is 47.3 Å². The molecule has 0 aromatic carbocycles. The number of hydrogen-bond acceptors (Lipinski definition) is 4. The van der Waals surface area contributed by atoms with Crippen molar-refractivity contribution in [2.24, 2.45) is 4.99 Å². The summed E-state index contributed by atoms with van der Waals surface area (Å²) in [7, 11) is 0. The molecule has 0 bridgehead atoms. The Morgan fingerprint density at radius 3 is 2.69 bits per heavy atom. The highest BCUT2D eigenvalue weighted by molar-refractivity contribution is 14.0. The van der Waals surface area contributed by atoms with E-state index >= 15 is 0 Å². The zero-order chi connectivity index (χ0) is 18.0. The van der Waals surface area contributed by atoms with Crippen LogP contribution in [-0.4, -0.2) is 54.3 Å². The first kappa shape index (κ1) is 23.8. The topological polar surface area (TPSA) is 58.5 Å². The van der Waals surface area contributed by atoms with E-state index in [9.17, 15) is 0 Å². The van der Waals surface area contributed by atoms with Crippen LogP contribution < -0.4 is 10.6 Å². The van der Waals surface area contributed by atoms with Gasteiger partial charge < -0.3 is 15.4 Å². The molecule has 5 nitrogen and oxygen atoms in total. The fourth-order valence-corrected chi connectivity index (χ4v) is 4.18. The molecule has 8 heteroatoms. The van der Waals surface area contributed by atoms with E-state index in [-0.39, 0.29) is 28.7 Å². The van der Waals surface area contributed by atoms with Crippen molar-refractivity contribution < 1.29 is 4.74 Å². The van der Waals surface area contributed by atoms with Crippen LogP contribution in [0.25, 0.3) is 0 Å². The third kappa shape index (κ3) is 8.19. The zero-order valence-corrected chi connectivity index (χ0v) is 19.5. The van der Waals surface area contributed by atoms with Crippen LogP contribution in [0.1, 0.15) is 32.3 Å². The van der Waals surface area contributed by atoms with E-state index in [4.69, 9.17) is 21.3 Å². The van der Waals surface area contributed by atoms with Gasteiger partial charge in [-0.2, -0.15) is 11.8 Å². The number of pyridine rings is 1. The Bertz CT molecular complexity index is 533. The molecular formula is C18H30ClIN4OS. The molecule has 1 aromatic rings. The summed E-state index contributed by atoms with van der Waals surface area (Å²) in [4.78, 5) is 8.97. The molecule has 1 aliphatic heterocycles. The first-order valence-corrected chi connectivity index (χ1v) is 10.4. The SMILES string of the molecule is CCNC(=NCC1(SCC)CCOCC1)NCCc1ccc(Cl)nc1.I. The molecule has 0 amide bonds. The molecule has 0 atom stereocenters. The van der Waals surface area contributed by atoms with Crippen molar-refractivity contribution in [3.63, 3.8) is 0 Å². The van der Waals surface area contributed by atoms with Crippen molar-refractivity contribution in [1.29, 1.82) is 0 Å². The van der Waals surface area contributed by atoms with Crippen molar-refractivity contribution in [3.8, 4) is 0 Å². The molecule has 2 heterocycles. The van der Waals surface area contributed by atoms with E-state index < -0.39 is 0 Å². The number of nitrogens with zero attached hydrogens (tertiary/aromatic N) is 2. The van der Waals surface area contributed by atoms with Crippen LogP contribution in [-0.2, 0) is 11.2 Å². The minimum absolute atomic E-state index is 0. The summed E-state index contributed by atoms with van der Waals surface area (Å²) < 4.78 is 5.76. The van der Waals surface area contributed by atoms with E-state index in [1.54, 1.807) is 0 Å². The third-order valence-electron chi connectivity index (χ3n) is 4.22. The van der Waals surface area contributed by atoms with Crippen molar-refractivity contribution in [3.05, 3.63) is 29.0 Å². The minimum atomic E-state index is 0. The average Bonchev–Trinajstić information content (AvgIpc) is 2.62. The lowest BCUT2D eigenvalue weighted by Gasteiger charge is -2.35. The summed E-state index contributed by atoms with van der Waals surface area (Å²) in [5.74, 6) is 2.00. The molecule has 1 fully saturated rings. The Morgan fingerprint density at radius 2 is 2.08 bits per heavy atom. The van der Waals surface area contributed by atoms with Crippen molar-refractivity contribution in [1.82, 2.24) is 15.6 Å². The van der Waals surface area contributed by atoms with E-state index in [0.29, 0.717) is 5.15 Å². The van der Waals surface area contributed by atoms with E-state index in [1.807, 2.05) is 30.1 Å². The summed E-state index contributed by atoms with van der Waals surface area (Å²) in [5, 5.41) is 7.29. The highest BCUT2D eigenvalue weighted by Crippen LogP contribution is 2.35. The predicted molar refractivity (Wildman–Crippen MR) is 123 cm³/mol. The molecule has 0 saturated carbocycles. The highest BCUT2D eigenvalue weighted by Gasteiger charge is 2.32. The Morgan fingerprint density at radius 1 is 1.31 bits per heavy atom. The Hall–Kier alpha value is -0.250. The maximum absolute atomic E-state index is 5.82. The number of halogens is 2. The van der Waals surface area contributed by atoms with E-state index in [1.165, 1.54) is 0 Å². The molecule has 0 spiro atoms. The van der Waals surface area contributed by atoms with Crippen molar-refractivity contribution in [2.75, 3.05) is 38.6 Å². The van der Waals surface area contributed by atoms with Crippen LogP contribution in [0.2, 0.25) is 5.15 Å². The number of aromatic nitrogens is 1. The number of hydrogen-bond donors (Lipinski definition) is 2.